The third-order valence-corrected chi connectivity index (χ3v) is 3.24. The summed E-state index contributed by atoms with van der Waals surface area (Å²) in [6.07, 6.45) is -0.908. The van der Waals surface area contributed by atoms with E-state index in [1.807, 2.05) is 13.0 Å². The van der Waals surface area contributed by atoms with E-state index < -0.39 is 18.0 Å². The van der Waals surface area contributed by atoms with Crippen LogP contribution >= 0.6 is 0 Å². The van der Waals surface area contributed by atoms with Gasteiger partial charge in [-0.05, 0) is 38.1 Å². The van der Waals surface area contributed by atoms with Crippen molar-refractivity contribution >= 4 is 17.6 Å². The number of methoxy groups -OCH3 is 1. The van der Waals surface area contributed by atoms with Gasteiger partial charge in [-0.15, -0.1) is 0 Å². The second-order valence-electron chi connectivity index (χ2n) is 5.14. The summed E-state index contributed by atoms with van der Waals surface area (Å²) in [4.78, 5) is 24.2. The predicted octanol–water partition coefficient (Wildman–Crippen LogP) is 3.19. The highest BCUT2D eigenvalue weighted by molar-refractivity contribution is 5.97. The van der Waals surface area contributed by atoms with Gasteiger partial charge in [0, 0.05) is 11.8 Å². The third-order valence-electron chi connectivity index (χ3n) is 3.24. The lowest BCUT2D eigenvalue weighted by Gasteiger charge is -2.14. The summed E-state index contributed by atoms with van der Waals surface area (Å²) in [6.45, 7) is 3.42. The topological polar surface area (TPSA) is 64.6 Å². The van der Waals surface area contributed by atoms with E-state index in [0.717, 1.165) is 5.56 Å². The van der Waals surface area contributed by atoms with Crippen LogP contribution in [0.2, 0.25) is 0 Å². The number of esters is 1. The Bertz CT molecular complexity index is 712. The first kappa shape index (κ1) is 16.5. The molecule has 0 aromatic heterocycles. The van der Waals surface area contributed by atoms with Gasteiger partial charge in [0.1, 0.15) is 5.75 Å². The monoisotopic (exact) mass is 313 g/mol. The fourth-order valence-electron chi connectivity index (χ4n) is 2.00. The van der Waals surface area contributed by atoms with Gasteiger partial charge >= 0.3 is 5.97 Å². The maximum absolute atomic E-state index is 12.1. The summed E-state index contributed by atoms with van der Waals surface area (Å²) in [7, 11) is 1.55. The largest absolute Gasteiger partial charge is 0.497 e. The van der Waals surface area contributed by atoms with Crippen LogP contribution < -0.4 is 10.1 Å². The molecule has 2 aromatic rings. The molecule has 0 aliphatic carbocycles. The first-order valence-electron chi connectivity index (χ1n) is 7.22. The number of aryl methyl sites for hydroxylation is 1. The number of ether oxygens (including phenoxy) is 2. The Morgan fingerprint density at radius 3 is 2.52 bits per heavy atom. The molecule has 1 N–H and O–H groups in total. The zero-order valence-corrected chi connectivity index (χ0v) is 13.3. The van der Waals surface area contributed by atoms with Crippen LogP contribution in [0.1, 0.15) is 22.8 Å². The van der Waals surface area contributed by atoms with E-state index in [2.05, 4.69) is 5.32 Å². The van der Waals surface area contributed by atoms with Crippen LogP contribution in [-0.2, 0) is 9.53 Å². The van der Waals surface area contributed by atoms with Crippen molar-refractivity contribution in [1.29, 1.82) is 0 Å². The molecular weight excluding hydrogens is 294 g/mol. The number of hydrogen-bond acceptors (Lipinski definition) is 4. The second kappa shape index (κ2) is 7.45. The molecule has 0 aliphatic heterocycles. The van der Waals surface area contributed by atoms with Gasteiger partial charge in [0.2, 0.25) is 0 Å². The minimum Gasteiger partial charge on any atom is -0.497 e. The van der Waals surface area contributed by atoms with Crippen LogP contribution in [0.25, 0.3) is 0 Å². The van der Waals surface area contributed by atoms with Crippen molar-refractivity contribution in [2.24, 2.45) is 0 Å². The molecular formula is C18H19NO4. The number of benzene rings is 2. The quantitative estimate of drug-likeness (QED) is 0.861. The minimum atomic E-state index is -0.908. The van der Waals surface area contributed by atoms with Crippen molar-refractivity contribution in [2.45, 2.75) is 20.0 Å². The van der Waals surface area contributed by atoms with E-state index >= 15 is 0 Å². The van der Waals surface area contributed by atoms with Gasteiger partial charge in [0.15, 0.2) is 6.10 Å². The van der Waals surface area contributed by atoms with E-state index in [1.54, 1.807) is 49.6 Å². The summed E-state index contributed by atoms with van der Waals surface area (Å²) in [5.74, 6) is -0.298. The molecule has 0 spiro atoms. The number of carbonyl (C=O) groups excluding carboxylic acids is 2. The van der Waals surface area contributed by atoms with Crippen molar-refractivity contribution in [2.75, 3.05) is 12.4 Å². The summed E-state index contributed by atoms with van der Waals surface area (Å²) in [5, 5.41) is 2.69. The van der Waals surface area contributed by atoms with E-state index in [9.17, 15) is 9.59 Å². The van der Waals surface area contributed by atoms with Crippen LogP contribution in [-0.4, -0.2) is 25.1 Å². The summed E-state index contributed by atoms with van der Waals surface area (Å²) >= 11 is 0. The zero-order chi connectivity index (χ0) is 16.8. The van der Waals surface area contributed by atoms with Gasteiger partial charge < -0.3 is 14.8 Å². The van der Waals surface area contributed by atoms with E-state index in [0.29, 0.717) is 17.0 Å². The second-order valence-corrected chi connectivity index (χ2v) is 5.14. The standard InChI is InChI=1S/C18H19NO4/c1-12-6-4-7-14(10-12)18(21)23-13(2)17(20)19-15-8-5-9-16(11-15)22-3/h4-11,13H,1-3H3,(H,19,20)/t13-/m1/s1. The smallest absolute Gasteiger partial charge is 0.338 e. The molecule has 2 aromatic carbocycles. The normalized spacial score (nSPS) is 11.4. The molecule has 0 unspecified atom stereocenters. The maximum atomic E-state index is 12.1. The molecule has 0 saturated carbocycles. The average Bonchev–Trinajstić information content (AvgIpc) is 2.54. The Morgan fingerprint density at radius 1 is 1.09 bits per heavy atom. The molecule has 120 valence electrons. The summed E-state index contributed by atoms with van der Waals surface area (Å²) in [5.41, 5.74) is 1.95. The number of carbonyl (C=O) groups is 2. The van der Waals surface area contributed by atoms with Crippen LogP contribution in [0.3, 0.4) is 0 Å². The lowest BCUT2D eigenvalue weighted by atomic mass is 10.1. The Labute approximate surface area is 135 Å². The van der Waals surface area contributed by atoms with Gasteiger partial charge in [-0.3, -0.25) is 4.79 Å². The highest BCUT2D eigenvalue weighted by Crippen LogP contribution is 2.17. The lowest BCUT2D eigenvalue weighted by molar-refractivity contribution is -0.123. The first-order chi connectivity index (χ1) is 11.0. The van der Waals surface area contributed by atoms with Crippen LogP contribution in [0, 0.1) is 6.92 Å². The Hall–Kier alpha value is -2.82. The van der Waals surface area contributed by atoms with Crippen molar-refractivity contribution in [3.8, 4) is 5.75 Å². The Morgan fingerprint density at radius 2 is 1.83 bits per heavy atom. The molecule has 5 heteroatoms. The zero-order valence-electron chi connectivity index (χ0n) is 13.3. The molecule has 0 bridgehead atoms. The van der Waals surface area contributed by atoms with Crippen molar-refractivity contribution < 1.29 is 19.1 Å². The van der Waals surface area contributed by atoms with Crippen LogP contribution in [0.4, 0.5) is 5.69 Å². The van der Waals surface area contributed by atoms with Gasteiger partial charge in [-0.1, -0.05) is 23.8 Å². The Kier molecular flexibility index (Phi) is 5.36. The van der Waals surface area contributed by atoms with Crippen molar-refractivity contribution in [3.63, 3.8) is 0 Å². The molecule has 0 fully saturated rings. The molecule has 1 atom stereocenters. The van der Waals surface area contributed by atoms with Crippen LogP contribution in [0.15, 0.2) is 48.5 Å². The van der Waals surface area contributed by atoms with Crippen molar-refractivity contribution in [3.05, 3.63) is 59.7 Å². The predicted molar refractivity (Wildman–Crippen MR) is 87.7 cm³/mol. The fourth-order valence-corrected chi connectivity index (χ4v) is 2.00. The molecule has 0 aliphatic rings. The van der Waals surface area contributed by atoms with Crippen LogP contribution in [0.5, 0.6) is 5.75 Å². The highest BCUT2D eigenvalue weighted by atomic mass is 16.5. The lowest BCUT2D eigenvalue weighted by Crippen LogP contribution is -2.30. The number of anilines is 1. The fraction of sp³-hybridized carbons (Fsp3) is 0.222. The maximum Gasteiger partial charge on any atom is 0.338 e. The molecule has 1 amide bonds. The molecule has 0 saturated heterocycles. The third kappa shape index (κ3) is 4.57. The number of amides is 1. The Balaban J connectivity index is 1.98. The van der Waals surface area contributed by atoms with E-state index in [-0.39, 0.29) is 0 Å². The van der Waals surface area contributed by atoms with Gasteiger partial charge in [0.05, 0.1) is 12.7 Å². The molecule has 0 heterocycles. The van der Waals surface area contributed by atoms with E-state index in [1.165, 1.54) is 6.92 Å². The highest BCUT2D eigenvalue weighted by Gasteiger charge is 2.19. The summed E-state index contributed by atoms with van der Waals surface area (Å²) < 4.78 is 10.3. The first-order valence-corrected chi connectivity index (χ1v) is 7.22. The molecule has 5 nitrogen and oxygen atoms in total. The average molecular weight is 313 g/mol. The minimum absolute atomic E-state index is 0.403. The molecule has 0 radical (unpaired) electrons. The van der Waals surface area contributed by atoms with Gasteiger partial charge in [-0.2, -0.15) is 0 Å². The number of rotatable bonds is 5. The van der Waals surface area contributed by atoms with Gasteiger partial charge in [0.25, 0.3) is 5.91 Å². The molecule has 2 rings (SSSR count). The molecule has 23 heavy (non-hydrogen) atoms. The SMILES string of the molecule is COc1cccc(NC(=O)[C@@H](C)OC(=O)c2cccc(C)c2)c1. The number of nitrogens with one attached hydrogen (secondary N) is 1. The van der Waals surface area contributed by atoms with E-state index in [4.69, 9.17) is 9.47 Å². The van der Waals surface area contributed by atoms with Gasteiger partial charge in [-0.25, -0.2) is 4.79 Å². The number of hydrogen-bond donors (Lipinski definition) is 1. The summed E-state index contributed by atoms with van der Waals surface area (Å²) in [6, 6.07) is 14.0. The van der Waals surface area contributed by atoms with Crippen molar-refractivity contribution in [1.82, 2.24) is 0 Å².